The normalized spacial score (nSPS) is 28.6. The first-order valence-corrected chi connectivity index (χ1v) is 43.0. The molecule has 9 heterocycles. The van der Waals surface area contributed by atoms with Gasteiger partial charge in [0.15, 0.2) is 35.3 Å². The third-order valence-electron chi connectivity index (χ3n) is 23.3. The number of nitrogens with one attached hydrogen (secondary N) is 8. The van der Waals surface area contributed by atoms with Crippen LogP contribution in [0, 0.1) is 12.8 Å². The number of nitrogens with zero attached hydrogens (tertiary/aromatic N) is 1. The van der Waals surface area contributed by atoms with Crippen molar-refractivity contribution < 1.29 is 143 Å². The first-order valence-electron chi connectivity index (χ1n) is 40.5. The lowest BCUT2D eigenvalue weighted by Gasteiger charge is -2.44. The Hall–Kier alpha value is -11.3. The van der Waals surface area contributed by atoms with E-state index in [4.69, 9.17) is 73.7 Å². The van der Waals surface area contributed by atoms with Crippen LogP contribution in [0.15, 0.2) is 109 Å². The summed E-state index contributed by atoms with van der Waals surface area (Å²) in [5.74, 6) is -16.7. The predicted molar refractivity (Wildman–Crippen MR) is 456 cm³/mol. The van der Waals surface area contributed by atoms with Crippen molar-refractivity contribution in [3.05, 3.63) is 164 Å². The topological polar surface area (TPSA) is 607 Å². The molecule has 39 nitrogen and oxygen atoms in total. The van der Waals surface area contributed by atoms with E-state index >= 15 is 24.0 Å². The van der Waals surface area contributed by atoms with Crippen LogP contribution in [0.1, 0.15) is 127 Å². The summed E-state index contributed by atoms with van der Waals surface area (Å²) in [4.78, 5) is 135. The van der Waals surface area contributed by atoms with Gasteiger partial charge in [0.2, 0.25) is 53.0 Å². The van der Waals surface area contributed by atoms with E-state index in [2.05, 4.69) is 49.5 Å². The minimum absolute atomic E-state index is 0.0145. The van der Waals surface area contributed by atoms with Crippen molar-refractivity contribution in [2.45, 2.75) is 179 Å². The summed E-state index contributed by atoms with van der Waals surface area (Å²) < 4.78 is 42.2. The number of phenols is 6. The number of phenolic OH excluding ortho intramolecular Hbond substituents is 6. The maximum absolute atomic E-state index is 16.2. The summed E-state index contributed by atoms with van der Waals surface area (Å²) in [5.41, 5.74) is 2.80. The second-order valence-corrected chi connectivity index (χ2v) is 34.5. The molecular weight excluding hydrogens is 1780 g/mol. The predicted octanol–water partition coefficient (Wildman–Crippen LogP) is 3.23. The van der Waals surface area contributed by atoms with Crippen LogP contribution >= 0.6 is 46.6 Å². The van der Waals surface area contributed by atoms with Crippen LogP contribution in [-0.2, 0) is 62.1 Å². The molecule has 7 aromatic rings. The number of carbonyl (C=O) groups is 9. The molecule has 9 aliphatic rings. The molecule has 0 spiro atoms. The second-order valence-electron chi connectivity index (χ2n) is 32.1. The fraction of sp³-hybridized carbons (Fsp3) is 0.407. The number of alkyl halides is 1. The number of hydrogen-bond donors (Lipinski definition) is 22. The number of fused-ring (bicyclic) bond motifs is 14. The third-order valence-corrected chi connectivity index (χ3v) is 25.0. The minimum atomic E-state index is -2.35. The number of thioether (sulfide) groups is 1. The summed E-state index contributed by atoms with van der Waals surface area (Å²) in [7, 11) is 2.85. The van der Waals surface area contributed by atoms with E-state index in [9.17, 15) is 85.6 Å². The summed E-state index contributed by atoms with van der Waals surface area (Å²) in [5, 5.41) is 165. The standard InChI is InChI=1S/C68H62Cl2N8O24.C18H33ClN2O5S/c1-23-38(84)15-29-17-42(23)100-43-16-25(4-9-37(43)83)48(71)61(90)77-53-56(86)27-6-10-40(34(69)13-27)98-44-18-30-19-45(57(44)87)99-41-11-7-28(14-35(41)70)60(102-68-54(72-24(2)80)59(89)58(88)46(22-79)101-68)55-66(95)76-52(67(96)97-3)33-20-31(81)21-39(85)47(33)32-12-26(5-8-36(32)82)49(62(91)78-55)73-64(93)51(30)74-63(92)50(29)75-65(53)94;1-5-6-10-7-11(21(3)8-10)17(25)20-12(9(2)19)16-14(23)13(22)15(24)18(26-16)27-4/h4-21,46,48-56,58-60,68,79,81-89H,22,71H2,1-3H3,(H,72,80)(H,73,93)(H,74,92)(H,75,94)(H,76,95)(H,77,90)(H,78,91);9-16,18,22-24H,5-8H2,1-4H3,(H,20,25)/t46-,48-,49-,50+,51-,52?,53-,54-,55+,56-,58-,59-,60-,68+;9?,10-,11+,12?,13+,14-,15-,16-,18-/m11/s1. The Kier molecular flexibility index (Phi) is 29.2. The Morgan fingerprint density at radius 1 is 0.612 bits per heavy atom. The van der Waals surface area contributed by atoms with Crippen LogP contribution in [0.4, 0.5) is 0 Å². The van der Waals surface area contributed by atoms with Crippen LogP contribution in [0.5, 0.6) is 69.0 Å². The maximum atomic E-state index is 16.2. The van der Waals surface area contributed by atoms with Gasteiger partial charge in [-0.3, -0.25) is 43.3 Å². The van der Waals surface area contributed by atoms with Crippen molar-refractivity contribution in [2.24, 2.45) is 11.7 Å². The SMILES string of the molecule is CCC[C@@H]1C[C@@H](C(=O)NC(C(C)Cl)[C@H]2O[C@H](SC)[C@H](O)[C@@H](O)[C@H]2O)N(C)C1.COC(=O)C1NC(=O)[C@H]2NC(=O)[C@H](NC(=O)[C@@H]3NC(=O)[C@H]4NC(=O)[C@H](NC(=O)[C@H](N)c5ccc(O)c(c5)Oc5cc4cc(O)c5C)[C@H](O)c4ccc(c(Cl)c4)Oc4cc3cc(c4O)Oc3ccc(cc3Cl)[C@H]2O[C@@H]2O[C@H](CO)[C@@H](O)[C@H](O)[C@H]2NC(C)=O)c2ccc(O)c(c2)-c2c(O)cc(O)cc21. The number of methoxy groups -OCH3 is 1. The number of likely N-dealkylation sites (tertiary alicyclic amines) is 1. The molecule has 9 aliphatic heterocycles. The van der Waals surface area contributed by atoms with E-state index in [1.54, 1.807) is 13.2 Å². The number of benzene rings is 7. The molecule has 43 heteroatoms. The van der Waals surface area contributed by atoms with Gasteiger partial charge in [0, 0.05) is 41.8 Å². The van der Waals surface area contributed by atoms with Gasteiger partial charge in [-0.1, -0.05) is 60.8 Å². The molecule has 17 bridgehead atoms. The van der Waals surface area contributed by atoms with E-state index < -0.39 is 254 Å². The number of likely N-dealkylation sites (N-methyl/N-ethyl adjacent to an activating group) is 1. The number of hydrogen-bond acceptors (Lipinski definition) is 32. The zero-order chi connectivity index (χ0) is 93.5. The molecule has 0 saturated carbocycles. The molecule has 129 heavy (non-hydrogen) atoms. The van der Waals surface area contributed by atoms with Gasteiger partial charge in [-0.05, 0) is 158 Å². The lowest BCUT2D eigenvalue weighted by atomic mass is 9.89. The highest BCUT2D eigenvalue weighted by Crippen LogP contribution is 2.50. The highest BCUT2D eigenvalue weighted by atomic mass is 35.5. The average molecular weight is 1870 g/mol. The van der Waals surface area contributed by atoms with Gasteiger partial charge >= 0.3 is 5.97 Å². The van der Waals surface area contributed by atoms with Crippen molar-refractivity contribution in [1.82, 2.24) is 47.4 Å². The molecule has 0 aliphatic carbocycles. The lowest BCUT2D eigenvalue weighted by molar-refractivity contribution is -0.284. The average Bonchev–Trinajstić information content (AvgIpc) is 1.54. The molecule has 7 aromatic carbocycles. The van der Waals surface area contributed by atoms with E-state index in [-0.39, 0.29) is 73.4 Å². The number of aliphatic hydroxyl groups is 7. The number of amides is 8. The second kappa shape index (κ2) is 39.6. The molecule has 8 amide bonds. The van der Waals surface area contributed by atoms with Crippen molar-refractivity contribution in [3.63, 3.8) is 0 Å². The minimum Gasteiger partial charge on any atom is -0.508 e. The number of carbonyl (C=O) groups excluding carboxylic acids is 9. The fourth-order valence-corrected chi connectivity index (χ4v) is 17.8. The van der Waals surface area contributed by atoms with Gasteiger partial charge in [0.05, 0.1) is 41.2 Å². The number of halogens is 3. The molecule has 23 N–H and O–H groups in total. The smallest absolute Gasteiger partial charge is 0.333 e. The Balaban J connectivity index is 0.000000449. The van der Waals surface area contributed by atoms with Crippen molar-refractivity contribution >= 4 is 99.8 Å². The number of rotatable bonds is 12. The van der Waals surface area contributed by atoms with E-state index in [0.29, 0.717) is 5.92 Å². The van der Waals surface area contributed by atoms with E-state index in [1.165, 1.54) is 49.0 Å². The first kappa shape index (κ1) is 95.3. The summed E-state index contributed by atoms with van der Waals surface area (Å²) >= 11 is 21.6. The molecule has 3 saturated heterocycles. The number of nitrogens with two attached hydrogens (primary N) is 1. The maximum Gasteiger partial charge on any atom is 0.333 e. The van der Waals surface area contributed by atoms with Crippen molar-refractivity contribution in [2.75, 3.05) is 33.6 Å². The number of ether oxygens (including phenoxy) is 7. The van der Waals surface area contributed by atoms with Gasteiger partial charge in [-0.2, -0.15) is 0 Å². The fourth-order valence-electron chi connectivity index (χ4n) is 16.5. The number of esters is 1. The molecule has 23 atom stereocenters. The van der Waals surface area contributed by atoms with Gasteiger partial charge in [0.25, 0.3) is 0 Å². The third kappa shape index (κ3) is 19.9. The van der Waals surface area contributed by atoms with Crippen LogP contribution < -0.4 is 62.5 Å². The van der Waals surface area contributed by atoms with Gasteiger partial charge in [-0.15, -0.1) is 23.4 Å². The van der Waals surface area contributed by atoms with Crippen LogP contribution in [0.3, 0.4) is 0 Å². The van der Waals surface area contributed by atoms with Gasteiger partial charge in [-0.25, -0.2) is 4.79 Å². The molecule has 16 rings (SSSR count). The summed E-state index contributed by atoms with van der Waals surface area (Å²) in [6, 6.07) is 1.89. The van der Waals surface area contributed by atoms with E-state index in [1.807, 2.05) is 11.9 Å². The Morgan fingerprint density at radius 3 is 1.80 bits per heavy atom. The zero-order valence-electron chi connectivity index (χ0n) is 69.6. The molecule has 3 unspecified atom stereocenters. The largest absolute Gasteiger partial charge is 0.508 e. The van der Waals surface area contributed by atoms with Crippen LogP contribution in [0.25, 0.3) is 11.1 Å². The molecule has 0 radical (unpaired) electrons. The van der Waals surface area contributed by atoms with Gasteiger partial charge in [0.1, 0.15) is 143 Å². The monoisotopic (exact) mass is 1870 g/mol. The highest BCUT2D eigenvalue weighted by Gasteiger charge is 2.52. The van der Waals surface area contributed by atoms with Crippen LogP contribution in [0.2, 0.25) is 10.0 Å². The number of aliphatic hydroxyl groups excluding tert-OH is 7. The van der Waals surface area contributed by atoms with E-state index in [0.717, 1.165) is 119 Å². The zero-order valence-corrected chi connectivity index (χ0v) is 72.7. The quantitative estimate of drug-likeness (QED) is 0.0616. The summed E-state index contributed by atoms with van der Waals surface area (Å²) in [6.07, 6.45) is -12.0. The molecule has 0 aromatic heterocycles. The Morgan fingerprint density at radius 2 is 1.18 bits per heavy atom. The Bertz CT molecular complexity index is 5510. The van der Waals surface area contributed by atoms with Gasteiger partial charge < -0.3 is 148 Å². The van der Waals surface area contributed by atoms with Crippen LogP contribution in [-0.4, -0.2) is 248 Å². The summed E-state index contributed by atoms with van der Waals surface area (Å²) in [6.45, 7) is 6.16. The highest BCUT2D eigenvalue weighted by molar-refractivity contribution is 7.99. The Labute approximate surface area is 754 Å². The molecule has 3 fully saturated rings. The first-order chi connectivity index (χ1) is 61.2. The number of aromatic hydroxyl groups is 6. The molecular formula is C86H95Cl3N10O29S. The molecule has 690 valence electrons. The van der Waals surface area contributed by atoms with Crippen molar-refractivity contribution in [3.8, 4) is 80.1 Å². The lowest BCUT2D eigenvalue weighted by Crippen LogP contribution is -2.65. The van der Waals surface area contributed by atoms with Crippen molar-refractivity contribution in [1.29, 1.82) is 0 Å².